The zero-order chi connectivity index (χ0) is 14.7. The lowest BCUT2D eigenvalue weighted by molar-refractivity contribution is -0.134. The maximum absolute atomic E-state index is 12.7. The number of hydrogen-bond acceptors (Lipinski definition) is 4. The minimum Gasteiger partial charge on any atom is -0.360 e. The van der Waals surface area contributed by atoms with Crippen molar-refractivity contribution in [3.05, 3.63) is 53.9 Å². The second-order valence-electron chi connectivity index (χ2n) is 4.90. The third-order valence-corrected chi connectivity index (χ3v) is 3.44. The SMILES string of the molecule is O=C1CCN(Cc2ccno2)C(=O)C(c2ccccc2)N1. The fourth-order valence-corrected chi connectivity index (χ4v) is 2.36. The standard InChI is InChI=1S/C15H15N3O3/c19-13-7-9-18(10-12-6-8-16-21-12)15(20)14(17-13)11-4-2-1-3-5-11/h1-6,8,14H,7,9-10H2,(H,17,19). The molecule has 2 heterocycles. The van der Waals surface area contributed by atoms with Crippen LogP contribution in [0.25, 0.3) is 0 Å². The minimum absolute atomic E-state index is 0.128. The maximum atomic E-state index is 12.7. The van der Waals surface area contributed by atoms with Gasteiger partial charge in [-0.05, 0) is 5.56 Å². The first-order valence-electron chi connectivity index (χ1n) is 6.77. The molecule has 0 aliphatic carbocycles. The summed E-state index contributed by atoms with van der Waals surface area (Å²) in [6, 6.07) is 10.3. The first-order chi connectivity index (χ1) is 10.2. The molecule has 108 valence electrons. The topological polar surface area (TPSA) is 75.4 Å². The van der Waals surface area contributed by atoms with Gasteiger partial charge >= 0.3 is 0 Å². The van der Waals surface area contributed by atoms with Crippen molar-refractivity contribution in [1.29, 1.82) is 0 Å². The van der Waals surface area contributed by atoms with E-state index in [2.05, 4.69) is 10.5 Å². The fourth-order valence-electron chi connectivity index (χ4n) is 2.36. The highest BCUT2D eigenvalue weighted by atomic mass is 16.5. The fraction of sp³-hybridized carbons (Fsp3) is 0.267. The molecule has 1 aromatic heterocycles. The van der Waals surface area contributed by atoms with E-state index in [1.165, 1.54) is 6.20 Å². The van der Waals surface area contributed by atoms with E-state index in [9.17, 15) is 9.59 Å². The van der Waals surface area contributed by atoms with Crippen LogP contribution < -0.4 is 5.32 Å². The van der Waals surface area contributed by atoms with Gasteiger partial charge in [-0.2, -0.15) is 0 Å². The molecule has 2 amide bonds. The predicted octanol–water partition coefficient (Wildman–Crippen LogP) is 1.26. The Morgan fingerprint density at radius 1 is 1.24 bits per heavy atom. The van der Waals surface area contributed by atoms with Gasteiger partial charge in [0.15, 0.2) is 5.76 Å². The monoisotopic (exact) mass is 285 g/mol. The molecule has 6 nitrogen and oxygen atoms in total. The first kappa shape index (κ1) is 13.4. The van der Waals surface area contributed by atoms with E-state index in [0.717, 1.165) is 5.56 Å². The van der Waals surface area contributed by atoms with E-state index in [-0.39, 0.29) is 18.2 Å². The number of aromatic nitrogens is 1. The minimum atomic E-state index is -0.649. The Kier molecular flexibility index (Phi) is 3.68. The van der Waals surface area contributed by atoms with E-state index in [1.807, 2.05) is 30.3 Å². The van der Waals surface area contributed by atoms with Crippen LogP contribution in [0.5, 0.6) is 0 Å². The summed E-state index contributed by atoms with van der Waals surface area (Å²) >= 11 is 0. The molecule has 1 aliphatic heterocycles. The van der Waals surface area contributed by atoms with Crippen LogP contribution in [0, 0.1) is 0 Å². The number of nitrogens with zero attached hydrogens (tertiary/aromatic N) is 2. The Labute approximate surface area is 121 Å². The third-order valence-electron chi connectivity index (χ3n) is 3.44. The second-order valence-corrected chi connectivity index (χ2v) is 4.90. The summed E-state index contributed by atoms with van der Waals surface area (Å²) in [4.78, 5) is 26.1. The predicted molar refractivity (Wildman–Crippen MR) is 73.9 cm³/mol. The van der Waals surface area contributed by atoms with E-state index in [4.69, 9.17) is 4.52 Å². The molecular weight excluding hydrogens is 270 g/mol. The number of nitrogens with one attached hydrogen (secondary N) is 1. The summed E-state index contributed by atoms with van der Waals surface area (Å²) in [5.41, 5.74) is 0.778. The Hall–Kier alpha value is -2.63. The average Bonchev–Trinajstić information content (AvgIpc) is 2.97. The molecule has 6 heteroatoms. The molecule has 1 N–H and O–H groups in total. The van der Waals surface area contributed by atoms with Gasteiger partial charge in [-0.15, -0.1) is 0 Å². The van der Waals surface area contributed by atoms with Crippen molar-refractivity contribution in [2.45, 2.75) is 19.0 Å². The largest absolute Gasteiger partial charge is 0.360 e. The second kappa shape index (κ2) is 5.78. The number of benzene rings is 1. The van der Waals surface area contributed by atoms with Crippen LogP contribution in [-0.2, 0) is 16.1 Å². The summed E-state index contributed by atoms with van der Waals surface area (Å²) in [6.45, 7) is 0.686. The van der Waals surface area contributed by atoms with E-state index in [1.54, 1.807) is 11.0 Å². The summed E-state index contributed by atoms with van der Waals surface area (Å²) < 4.78 is 5.04. The number of carbonyl (C=O) groups excluding carboxylic acids is 2. The highest BCUT2D eigenvalue weighted by molar-refractivity contribution is 5.90. The zero-order valence-corrected chi connectivity index (χ0v) is 11.4. The van der Waals surface area contributed by atoms with Crippen LogP contribution in [0.1, 0.15) is 23.8 Å². The number of amides is 2. The van der Waals surface area contributed by atoms with Gasteiger partial charge < -0.3 is 14.7 Å². The molecule has 2 aromatic rings. The van der Waals surface area contributed by atoms with Crippen LogP contribution in [0.4, 0.5) is 0 Å². The molecule has 21 heavy (non-hydrogen) atoms. The summed E-state index contributed by atoms with van der Waals surface area (Å²) in [7, 11) is 0. The third kappa shape index (κ3) is 2.94. The molecule has 0 radical (unpaired) electrons. The van der Waals surface area contributed by atoms with Gasteiger partial charge in [0.25, 0.3) is 0 Å². The number of hydrogen-bond donors (Lipinski definition) is 1. The van der Waals surface area contributed by atoms with Gasteiger partial charge in [-0.3, -0.25) is 9.59 Å². The molecule has 0 bridgehead atoms. The van der Waals surface area contributed by atoms with Gasteiger partial charge in [0.2, 0.25) is 11.8 Å². The normalized spacial score (nSPS) is 19.2. The van der Waals surface area contributed by atoms with Gasteiger partial charge in [-0.25, -0.2) is 0 Å². The highest BCUT2D eigenvalue weighted by Crippen LogP contribution is 2.20. The molecule has 1 unspecified atom stereocenters. The smallest absolute Gasteiger partial charge is 0.250 e. The maximum Gasteiger partial charge on any atom is 0.250 e. The van der Waals surface area contributed by atoms with Crippen LogP contribution >= 0.6 is 0 Å². The highest BCUT2D eigenvalue weighted by Gasteiger charge is 2.31. The van der Waals surface area contributed by atoms with E-state index >= 15 is 0 Å². The molecule has 1 aliphatic rings. The first-order valence-corrected chi connectivity index (χ1v) is 6.77. The average molecular weight is 285 g/mol. The summed E-state index contributed by atoms with van der Waals surface area (Å²) in [5.74, 6) is 0.338. The van der Waals surface area contributed by atoms with Crippen LogP contribution in [0.2, 0.25) is 0 Å². The van der Waals surface area contributed by atoms with Crippen LogP contribution in [-0.4, -0.2) is 28.4 Å². The molecule has 0 spiro atoms. The van der Waals surface area contributed by atoms with Crippen LogP contribution in [0.3, 0.4) is 0 Å². The zero-order valence-electron chi connectivity index (χ0n) is 11.4. The lowest BCUT2D eigenvalue weighted by Crippen LogP contribution is -2.38. The van der Waals surface area contributed by atoms with Crippen molar-refractivity contribution >= 4 is 11.8 Å². The van der Waals surface area contributed by atoms with Gasteiger partial charge in [0.05, 0.1) is 12.7 Å². The van der Waals surface area contributed by atoms with E-state index in [0.29, 0.717) is 18.8 Å². The Balaban J connectivity index is 1.85. The molecule has 1 atom stereocenters. The Morgan fingerprint density at radius 3 is 2.76 bits per heavy atom. The molecule has 3 rings (SSSR count). The Bertz CT molecular complexity index is 625. The Morgan fingerprint density at radius 2 is 2.05 bits per heavy atom. The van der Waals surface area contributed by atoms with Gasteiger partial charge in [0, 0.05) is 19.0 Å². The van der Waals surface area contributed by atoms with Crippen molar-refractivity contribution in [3.8, 4) is 0 Å². The van der Waals surface area contributed by atoms with E-state index < -0.39 is 6.04 Å². The number of rotatable bonds is 3. The molecule has 0 saturated carbocycles. The van der Waals surface area contributed by atoms with Crippen molar-refractivity contribution < 1.29 is 14.1 Å². The summed E-state index contributed by atoms with van der Waals surface area (Å²) in [5, 5.41) is 6.41. The number of carbonyl (C=O) groups is 2. The summed E-state index contributed by atoms with van der Waals surface area (Å²) in [6.07, 6.45) is 1.82. The molecule has 1 fully saturated rings. The molecule has 1 saturated heterocycles. The lowest BCUT2D eigenvalue weighted by Gasteiger charge is -2.23. The molecule has 1 aromatic carbocycles. The van der Waals surface area contributed by atoms with Gasteiger partial charge in [-0.1, -0.05) is 35.5 Å². The molecular formula is C15H15N3O3. The van der Waals surface area contributed by atoms with Crippen molar-refractivity contribution in [3.63, 3.8) is 0 Å². The van der Waals surface area contributed by atoms with Crippen molar-refractivity contribution in [2.24, 2.45) is 0 Å². The van der Waals surface area contributed by atoms with Gasteiger partial charge in [0.1, 0.15) is 6.04 Å². The van der Waals surface area contributed by atoms with Crippen molar-refractivity contribution in [1.82, 2.24) is 15.4 Å². The van der Waals surface area contributed by atoms with Crippen molar-refractivity contribution in [2.75, 3.05) is 6.54 Å². The lowest BCUT2D eigenvalue weighted by atomic mass is 10.1. The van der Waals surface area contributed by atoms with Crippen LogP contribution in [0.15, 0.2) is 47.1 Å². The quantitative estimate of drug-likeness (QED) is 0.921.